The first-order chi connectivity index (χ1) is 9.70. The summed E-state index contributed by atoms with van der Waals surface area (Å²) in [5.74, 6) is -0.415. The molecule has 0 heterocycles. The molecule has 0 fully saturated rings. The minimum atomic E-state index is -0.974. The summed E-state index contributed by atoms with van der Waals surface area (Å²) in [5.41, 5.74) is -0.142. The average Bonchev–Trinajstić information content (AvgIpc) is 2.36. The second-order valence-electron chi connectivity index (χ2n) is 5.96. The number of hydrogen-bond donors (Lipinski definition) is 2. The van der Waals surface area contributed by atoms with Gasteiger partial charge in [-0.1, -0.05) is 12.1 Å². The smallest absolute Gasteiger partial charge is 0.310 e. The quantitative estimate of drug-likeness (QED) is 0.808. The standard InChI is InChI=1S/C16H23NO4/c1-11(2)21-13-7-5-6-12(8-13)9-14(18)17-10-16(3,4)15(19)20/h5-8,11H,9-10H2,1-4H3,(H,17,18)(H,19,20). The summed E-state index contributed by atoms with van der Waals surface area (Å²) in [4.78, 5) is 22.8. The average molecular weight is 293 g/mol. The third-order valence-corrected chi connectivity index (χ3v) is 2.94. The molecular formula is C16H23NO4. The molecule has 0 saturated heterocycles. The van der Waals surface area contributed by atoms with Gasteiger partial charge in [0, 0.05) is 6.54 Å². The van der Waals surface area contributed by atoms with E-state index < -0.39 is 11.4 Å². The van der Waals surface area contributed by atoms with Crippen LogP contribution in [0.1, 0.15) is 33.3 Å². The number of hydrogen-bond acceptors (Lipinski definition) is 3. The Balaban J connectivity index is 2.57. The van der Waals surface area contributed by atoms with E-state index in [1.165, 1.54) is 0 Å². The predicted octanol–water partition coefficient (Wildman–Crippen LogP) is 2.24. The fraction of sp³-hybridized carbons (Fsp3) is 0.500. The van der Waals surface area contributed by atoms with Crippen molar-refractivity contribution in [3.05, 3.63) is 29.8 Å². The van der Waals surface area contributed by atoms with Gasteiger partial charge in [0.15, 0.2) is 0 Å². The van der Waals surface area contributed by atoms with Crippen LogP contribution in [-0.2, 0) is 16.0 Å². The number of carbonyl (C=O) groups is 2. The Kier molecular flexibility index (Phi) is 5.76. The largest absolute Gasteiger partial charge is 0.491 e. The molecule has 0 aromatic heterocycles. The first-order valence-electron chi connectivity index (χ1n) is 6.96. The number of carboxylic acid groups (broad SMARTS) is 1. The zero-order valence-electron chi connectivity index (χ0n) is 13.0. The van der Waals surface area contributed by atoms with Gasteiger partial charge >= 0.3 is 5.97 Å². The van der Waals surface area contributed by atoms with E-state index in [4.69, 9.17) is 9.84 Å². The molecule has 1 amide bonds. The maximum atomic E-state index is 11.9. The molecule has 1 aromatic carbocycles. The molecule has 0 aliphatic rings. The monoisotopic (exact) mass is 293 g/mol. The second kappa shape index (κ2) is 7.11. The van der Waals surface area contributed by atoms with Crippen LogP contribution in [0.4, 0.5) is 0 Å². The Hall–Kier alpha value is -2.04. The molecule has 5 nitrogen and oxygen atoms in total. The van der Waals surface area contributed by atoms with Crippen molar-refractivity contribution >= 4 is 11.9 Å². The lowest BCUT2D eigenvalue weighted by Gasteiger charge is -2.19. The van der Waals surface area contributed by atoms with Gasteiger partial charge in [-0.15, -0.1) is 0 Å². The molecular weight excluding hydrogens is 270 g/mol. The van der Waals surface area contributed by atoms with Crippen LogP contribution in [0.2, 0.25) is 0 Å². The highest BCUT2D eigenvalue weighted by molar-refractivity contribution is 5.80. The highest BCUT2D eigenvalue weighted by Gasteiger charge is 2.27. The van der Waals surface area contributed by atoms with E-state index in [2.05, 4.69) is 5.32 Å². The van der Waals surface area contributed by atoms with Crippen LogP contribution >= 0.6 is 0 Å². The van der Waals surface area contributed by atoms with E-state index in [9.17, 15) is 9.59 Å². The maximum absolute atomic E-state index is 11.9. The summed E-state index contributed by atoms with van der Waals surface area (Å²) in [6.45, 7) is 7.13. The molecule has 21 heavy (non-hydrogen) atoms. The number of amides is 1. The fourth-order valence-corrected chi connectivity index (χ4v) is 1.64. The molecule has 0 saturated carbocycles. The molecule has 0 aliphatic carbocycles. The number of carboxylic acids is 1. The Labute approximate surface area is 125 Å². The van der Waals surface area contributed by atoms with Crippen molar-refractivity contribution in [2.45, 2.75) is 40.2 Å². The van der Waals surface area contributed by atoms with E-state index >= 15 is 0 Å². The SMILES string of the molecule is CC(C)Oc1cccc(CC(=O)NCC(C)(C)C(=O)O)c1. The van der Waals surface area contributed by atoms with Gasteiger partial charge in [-0.05, 0) is 45.4 Å². The number of ether oxygens (including phenoxy) is 1. The molecule has 1 aromatic rings. The molecule has 0 unspecified atom stereocenters. The van der Waals surface area contributed by atoms with Crippen molar-refractivity contribution in [3.63, 3.8) is 0 Å². The van der Waals surface area contributed by atoms with Crippen LogP contribution < -0.4 is 10.1 Å². The first-order valence-corrected chi connectivity index (χ1v) is 6.96. The van der Waals surface area contributed by atoms with E-state index in [1.54, 1.807) is 13.8 Å². The van der Waals surface area contributed by atoms with E-state index in [0.717, 1.165) is 11.3 Å². The summed E-state index contributed by atoms with van der Waals surface area (Å²) in [7, 11) is 0. The van der Waals surface area contributed by atoms with Crippen LogP contribution in [0.15, 0.2) is 24.3 Å². The fourth-order valence-electron chi connectivity index (χ4n) is 1.64. The Morgan fingerprint density at radius 2 is 2.00 bits per heavy atom. The van der Waals surface area contributed by atoms with Gasteiger partial charge in [-0.25, -0.2) is 0 Å². The van der Waals surface area contributed by atoms with Gasteiger partial charge < -0.3 is 15.2 Å². The molecule has 0 bridgehead atoms. The van der Waals surface area contributed by atoms with E-state index in [0.29, 0.717) is 0 Å². The topological polar surface area (TPSA) is 75.6 Å². The lowest BCUT2D eigenvalue weighted by Crippen LogP contribution is -2.39. The van der Waals surface area contributed by atoms with Gasteiger partial charge in [0.25, 0.3) is 0 Å². The van der Waals surface area contributed by atoms with Crippen molar-refractivity contribution in [1.29, 1.82) is 0 Å². The van der Waals surface area contributed by atoms with Gasteiger partial charge in [0.1, 0.15) is 5.75 Å². The third-order valence-electron chi connectivity index (χ3n) is 2.94. The molecule has 0 spiro atoms. The predicted molar refractivity (Wildman–Crippen MR) is 80.3 cm³/mol. The van der Waals surface area contributed by atoms with Gasteiger partial charge in [-0.2, -0.15) is 0 Å². The van der Waals surface area contributed by atoms with Gasteiger partial charge in [0.05, 0.1) is 17.9 Å². The summed E-state index contributed by atoms with van der Waals surface area (Å²) in [5, 5.41) is 11.6. The molecule has 0 atom stereocenters. The zero-order valence-corrected chi connectivity index (χ0v) is 13.0. The number of aliphatic carboxylic acids is 1. The van der Waals surface area contributed by atoms with Crippen LogP contribution in [0.5, 0.6) is 5.75 Å². The Morgan fingerprint density at radius 3 is 2.57 bits per heavy atom. The lowest BCUT2D eigenvalue weighted by molar-refractivity contribution is -0.146. The number of carbonyl (C=O) groups excluding carboxylic acids is 1. The number of nitrogens with one attached hydrogen (secondary N) is 1. The summed E-state index contributed by atoms with van der Waals surface area (Å²) in [6.07, 6.45) is 0.274. The van der Waals surface area contributed by atoms with Gasteiger partial charge in [0.2, 0.25) is 5.91 Å². The number of benzene rings is 1. The van der Waals surface area contributed by atoms with Crippen LogP contribution in [-0.4, -0.2) is 29.6 Å². The normalized spacial score (nSPS) is 11.3. The van der Waals surface area contributed by atoms with Crippen LogP contribution in [0.25, 0.3) is 0 Å². The van der Waals surface area contributed by atoms with Crippen LogP contribution in [0, 0.1) is 5.41 Å². The molecule has 0 radical (unpaired) electrons. The van der Waals surface area contributed by atoms with Crippen molar-refractivity contribution in [3.8, 4) is 5.75 Å². The summed E-state index contributed by atoms with van der Waals surface area (Å²) in [6, 6.07) is 7.34. The molecule has 5 heteroatoms. The minimum Gasteiger partial charge on any atom is -0.491 e. The minimum absolute atomic E-state index is 0.0745. The van der Waals surface area contributed by atoms with E-state index in [1.807, 2.05) is 38.1 Å². The molecule has 2 N–H and O–H groups in total. The van der Waals surface area contributed by atoms with Crippen molar-refractivity contribution in [2.75, 3.05) is 6.54 Å². The summed E-state index contributed by atoms with van der Waals surface area (Å²) >= 11 is 0. The van der Waals surface area contributed by atoms with Crippen molar-refractivity contribution in [2.24, 2.45) is 5.41 Å². The number of rotatable bonds is 7. The lowest BCUT2D eigenvalue weighted by atomic mass is 9.94. The maximum Gasteiger partial charge on any atom is 0.310 e. The van der Waals surface area contributed by atoms with Crippen LogP contribution in [0.3, 0.4) is 0 Å². The highest BCUT2D eigenvalue weighted by atomic mass is 16.5. The van der Waals surface area contributed by atoms with Crippen molar-refractivity contribution < 1.29 is 19.4 Å². The summed E-state index contributed by atoms with van der Waals surface area (Å²) < 4.78 is 5.57. The second-order valence-corrected chi connectivity index (χ2v) is 5.96. The third kappa shape index (κ3) is 5.85. The van der Waals surface area contributed by atoms with Gasteiger partial charge in [-0.3, -0.25) is 9.59 Å². The first kappa shape index (κ1) is 17.0. The molecule has 0 aliphatic heterocycles. The van der Waals surface area contributed by atoms with Crippen molar-refractivity contribution in [1.82, 2.24) is 5.32 Å². The Bertz CT molecular complexity index is 509. The zero-order chi connectivity index (χ0) is 16.0. The van der Waals surface area contributed by atoms with E-state index in [-0.39, 0.29) is 25.0 Å². The Morgan fingerprint density at radius 1 is 1.33 bits per heavy atom. The molecule has 116 valence electrons. The highest BCUT2D eigenvalue weighted by Crippen LogP contribution is 2.16. The molecule has 1 rings (SSSR count).